The standard InChI is InChI=1S/C33H47N3O5/c1-7-20-34(24-16-12-10-13-17-24)28(38)25-26-29(39)35(22-14-11-15-23-37)27(30(40)36(21-8-2)31(4,5)6)33(26)19-18-32(25,9-3)41-33/h7-8,10,12-13,16-17,25-27,37H,1-2,9,11,14-15,18-23H2,3-6H3/t25-,26-,27?,32+,33?/m0/s1. The number of ether oxygens (including phenoxy) is 1. The molecule has 1 N–H and O–H groups in total. The van der Waals surface area contributed by atoms with Crippen molar-refractivity contribution >= 4 is 23.4 Å². The molecule has 0 aliphatic carbocycles. The molecule has 1 aromatic rings. The number of likely N-dealkylation sites (tertiary alicyclic amines) is 1. The molecule has 3 amide bonds. The van der Waals surface area contributed by atoms with Gasteiger partial charge in [-0.05, 0) is 71.4 Å². The molecular formula is C33H47N3O5. The average molecular weight is 566 g/mol. The highest BCUT2D eigenvalue weighted by molar-refractivity contribution is 6.03. The molecule has 2 bridgehead atoms. The first-order valence-electron chi connectivity index (χ1n) is 15.0. The molecule has 224 valence electrons. The fourth-order valence-corrected chi connectivity index (χ4v) is 7.38. The van der Waals surface area contributed by atoms with Gasteiger partial charge in [-0.1, -0.05) is 37.3 Å². The number of carbonyl (C=O) groups is 3. The summed E-state index contributed by atoms with van der Waals surface area (Å²) in [4.78, 5) is 48.7. The lowest BCUT2D eigenvalue weighted by atomic mass is 9.64. The molecular weight excluding hydrogens is 518 g/mol. The highest BCUT2D eigenvalue weighted by Crippen LogP contribution is 2.65. The molecule has 1 aromatic carbocycles. The van der Waals surface area contributed by atoms with E-state index in [0.29, 0.717) is 51.7 Å². The Balaban J connectivity index is 1.81. The van der Waals surface area contributed by atoms with Crippen LogP contribution in [0.15, 0.2) is 55.6 Å². The van der Waals surface area contributed by atoms with E-state index in [1.807, 2.05) is 58.0 Å². The molecule has 3 aliphatic rings. The van der Waals surface area contributed by atoms with Gasteiger partial charge < -0.3 is 24.5 Å². The van der Waals surface area contributed by atoms with E-state index >= 15 is 0 Å². The van der Waals surface area contributed by atoms with E-state index in [-0.39, 0.29) is 24.3 Å². The summed E-state index contributed by atoms with van der Waals surface area (Å²) in [6.07, 6.45) is 7.14. The largest absolute Gasteiger partial charge is 0.396 e. The summed E-state index contributed by atoms with van der Waals surface area (Å²) in [5.41, 5.74) is -1.67. The van der Waals surface area contributed by atoms with Crippen LogP contribution in [0.1, 0.15) is 66.2 Å². The maximum Gasteiger partial charge on any atom is 0.249 e. The van der Waals surface area contributed by atoms with Crippen molar-refractivity contribution in [1.82, 2.24) is 9.80 Å². The fourth-order valence-electron chi connectivity index (χ4n) is 7.38. The van der Waals surface area contributed by atoms with Gasteiger partial charge in [0.15, 0.2) is 0 Å². The smallest absolute Gasteiger partial charge is 0.249 e. The van der Waals surface area contributed by atoms with Crippen molar-refractivity contribution < 1.29 is 24.2 Å². The summed E-state index contributed by atoms with van der Waals surface area (Å²) >= 11 is 0. The third-order valence-electron chi connectivity index (χ3n) is 9.27. The molecule has 3 saturated heterocycles. The number of hydrogen-bond acceptors (Lipinski definition) is 5. The number of carbonyl (C=O) groups excluding carboxylic acids is 3. The predicted molar refractivity (Wildman–Crippen MR) is 160 cm³/mol. The first-order chi connectivity index (χ1) is 19.5. The highest BCUT2D eigenvalue weighted by atomic mass is 16.5. The summed E-state index contributed by atoms with van der Waals surface area (Å²) < 4.78 is 6.97. The van der Waals surface area contributed by atoms with Crippen LogP contribution in [0.3, 0.4) is 0 Å². The highest BCUT2D eigenvalue weighted by Gasteiger charge is 2.79. The Morgan fingerprint density at radius 1 is 1.07 bits per heavy atom. The molecule has 1 spiro atoms. The van der Waals surface area contributed by atoms with Gasteiger partial charge in [0.05, 0.1) is 17.4 Å². The Labute approximate surface area is 245 Å². The van der Waals surface area contributed by atoms with Gasteiger partial charge in [-0.15, -0.1) is 13.2 Å². The molecule has 8 heteroatoms. The lowest BCUT2D eigenvalue weighted by molar-refractivity contribution is -0.155. The van der Waals surface area contributed by atoms with Crippen molar-refractivity contribution in [2.24, 2.45) is 11.8 Å². The molecule has 4 rings (SSSR count). The Morgan fingerprint density at radius 2 is 1.76 bits per heavy atom. The number of para-hydroxylation sites is 1. The van der Waals surface area contributed by atoms with E-state index < -0.39 is 34.6 Å². The molecule has 41 heavy (non-hydrogen) atoms. The monoisotopic (exact) mass is 565 g/mol. The minimum Gasteiger partial charge on any atom is -0.396 e. The van der Waals surface area contributed by atoms with E-state index in [0.717, 1.165) is 12.1 Å². The van der Waals surface area contributed by atoms with Crippen molar-refractivity contribution in [1.29, 1.82) is 0 Å². The van der Waals surface area contributed by atoms with Gasteiger partial charge in [0, 0.05) is 37.5 Å². The Bertz CT molecular complexity index is 1150. The van der Waals surface area contributed by atoms with Crippen LogP contribution in [0.4, 0.5) is 5.69 Å². The summed E-state index contributed by atoms with van der Waals surface area (Å²) in [7, 11) is 0. The Kier molecular flexibility index (Phi) is 9.14. The molecule has 3 aliphatic heterocycles. The van der Waals surface area contributed by atoms with Gasteiger partial charge in [0.2, 0.25) is 17.7 Å². The number of aliphatic hydroxyl groups excluding tert-OH is 1. The Hall–Kier alpha value is -2.97. The van der Waals surface area contributed by atoms with E-state index in [1.54, 1.807) is 26.9 Å². The van der Waals surface area contributed by atoms with Crippen LogP contribution in [-0.4, -0.2) is 81.7 Å². The van der Waals surface area contributed by atoms with Crippen LogP contribution in [0.2, 0.25) is 0 Å². The van der Waals surface area contributed by atoms with Crippen LogP contribution in [-0.2, 0) is 19.1 Å². The lowest BCUT2D eigenvalue weighted by Gasteiger charge is -2.42. The summed E-state index contributed by atoms with van der Waals surface area (Å²) in [5.74, 6) is -1.97. The number of rotatable bonds is 13. The molecule has 8 nitrogen and oxygen atoms in total. The maximum atomic E-state index is 14.5. The quantitative estimate of drug-likeness (QED) is 0.284. The van der Waals surface area contributed by atoms with Crippen molar-refractivity contribution in [3.63, 3.8) is 0 Å². The second kappa shape index (κ2) is 12.1. The zero-order valence-corrected chi connectivity index (χ0v) is 25.2. The summed E-state index contributed by atoms with van der Waals surface area (Å²) in [5, 5.41) is 9.31. The van der Waals surface area contributed by atoms with Gasteiger partial charge in [-0.2, -0.15) is 0 Å². The number of anilines is 1. The molecule has 3 fully saturated rings. The van der Waals surface area contributed by atoms with Crippen molar-refractivity contribution in [2.75, 3.05) is 31.1 Å². The average Bonchev–Trinajstić information content (AvgIpc) is 3.55. The van der Waals surface area contributed by atoms with Gasteiger partial charge in [-0.25, -0.2) is 0 Å². The third-order valence-corrected chi connectivity index (χ3v) is 9.27. The summed E-state index contributed by atoms with van der Waals surface area (Å²) in [6.45, 7) is 16.8. The number of hydrogen-bond donors (Lipinski definition) is 1. The first kappa shape index (κ1) is 31.0. The minimum absolute atomic E-state index is 0.0807. The SMILES string of the molecule is C=CCN(C(=O)[C@@H]1[C@H]2C(=O)N(CCCCCO)C(C(=O)N(CC=C)C(C)(C)C)C23CC[C@@]1(CC)O3)c1ccccc1. The number of aliphatic hydroxyl groups is 1. The number of amides is 3. The normalized spacial score (nSPS) is 28.5. The molecule has 0 aromatic heterocycles. The zero-order chi connectivity index (χ0) is 30.0. The molecule has 2 unspecified atom stereocenters. The topological polar surface area (TPSA) is 90.4 Å². The van der Waals surface area contributed by atoms with E-state index in [1.165, 1.54) is 0 Å². The minimum atomic E-state index is -1.08. The van der Waals surface area contributed by atoms with Gasteiger partial charge in [-0.3, -0.25) is 14.4 Å². The van der Waals surface area contributed by atoms with Crippen LogP contribution >= 0.6 is 0 Å². The van der Waals surface area contributed by atoms with Crippen LogP contribution in [0, 0.1) is 11.8 Å². The number of nitrogens with zero attached hydrogens (tertiary/aromatic N) is 3. The van der Waals surface area contributed by atoms with Crippen LogP contribution in [0.25, 0.3) is 0 Å². The molecule has 5 atom stereocenters. The van der Waals surface area contributed by atoms with Gasteiger partial charge in [0.25, 0.3) is 0 Å². The van der Waals surface area contributed by atoms with Crippen molar-refractivity contribution in [2.45, 2.75) is 89.0 Å². The zero-order valence-electron chi connectivity index (χ0n) is 25.2. The van der Waals surface area contributed by atoms with Crippen LogP contribution in [0.5, 0.6) is 0 Å². The summed E-state index contributed by atoms with van der Waals surface area (Å²) in [6, 6.07) is 8.62. The Morgan fingerprint density at radius 3 is 2.34 bits per heavy atom. The third kappa shape index (κ3) is 5.25. The van der Waals surface area contributed by atoms with Crippen molar-refractivity contribution in [3.8, 4) is 0 Å². The van der Waals surface area contributed by atoms with E-state index in [9.17, 15) is 19.5 Å². The predicted octanol–water partition coefficient (Wildman–Crippen LogP) is 4.34. The second-order valence-corrected chi connectivity index (χ2v) is 12.6. The molecule has 0 radical (unpaired) electrons. The molecule has 3 heterocycles. The number of unbranched alkanes of at least 4 members (excludes halogenated alkanes) is 2. The maximum absolute atomic E-state index is 14.5. The van der Waals surface area contributed by atoms with Gasteiger partial charge >= 0.3 is 0 Å². The van der Waals surface area contributed by atoms with E-state index in [4.69, 9.17) is 4.74 Å². The lowest BCUT2D eigenvalue weighted by Crippen LogP contribution is -2.60. The van der Waals surface area contributed by atoms with E-state index in [2.05, 4.69) is 13.2 Å². The van der Waals surface area contributed by atoms with Crippen LogP contribution < -0.4 is 4.90 Å². The molecule has 0 saturated carbocycles. The number of fused-ring (bicyclic) bond motifs is 1. The van der Waals surface area contributed by atoms with Gasteiger partial charge in [0.1, 0.15) is 11.6 Å². The van der Waals surface area contributed by atoms with Crippen molar-refractivity contribution in [3.05, 3.63) is 55.6 Å². The fraction of sp³-hybridized carbons (Fsp3) is 0.606. The first-order valence-corrected chi connectivity index (χ1v) is 15.0. The second-order valence-electron chi connectivity index (χ2n) is 12.6. The number of benzene rings is 1.